The summed E-state index contributed by atoms with van der Waals surface area (Å²) in [6.45, 7) is 2.73. The lowest BCUT2D eigenvalue weighted by molar-refractivity contribution is 0.564. The van der Waals surface area contributed by atoms with Crippen LogP contribution < -0.4 is 5.73 Å². The number of tetrazole rings is 1. The number of hydrogen-bond donors (Lipinski definition) is 1. The Balaban J connectivity index is 2.05. The van der Waals surface area contributed by atoms with Crippen LogP contribution in [-0.4, -0.2) is 32.0 Å². The van der Waals surface area contributed by atoms with Crippen LogP contribution in [0.2, 0.25) is 0 Å². The summed E-state index contributed by atoms with van der Waals surface area (Å²) >= 11 is 1.65. The van der Waals surface area contributed by atoms with Gasteiger partial charge in [-0.3, -0.25) is 0 Å². The van der Waals surface area contributed by atoms with E-state index in [1.54, 1.807) is 11.8 Å². The van der Waals surface area contributed by atoms with E-state index in [2.05, 4.69) is 22.4 Å². The molecule has 5 nitrogen and oxygen atoms in total. The van der Waals surface area contributed by atoms with Crippen LogP contribution in [0.3, 0.4) is 0 Å². The van der Waals surface area contributed by atoms with E-state index in [9.17, 15) is 0 Å². The third-order valence-corrected chi connectivity index (χ3v) is 3.07. The van der Waals surface area contributed by atoms with Gasteiger partial charge >= 0.3 is 0 Å². The Morgan fingerprint density at radius 2 is 2.46 bits per heavy atom. The lowest BCUT2D eigenvalue weighted by Gasteiger charge is -2.06. The Kier molecular flexibility index (Phi) is 2.50. The number of thioether (sulfide) groups is 1. The number of nitrogens with zero attached hydrogens (tertiary/aromatic N) is 4. The van der Waals surface area contributed by atoms with Crippen LogP contribution in [0.4, 0.5) is 0 Å². The Morgan fingerprint density at radius 3 is 3.08 bits per heavy atom. The minimum Gasteiger partial charge on any atom is -0.329 e. The van der Waals surface area contributed by atoms with Gasteiger partial charge in [-0.1, -0.05) is 18.7 Å². The second-order valence-corrected chi connectivity index (χ2v) is 4.71. The first-order valence-electron chi connectivity index (χ1n) is 4.46. The summed E-state index contributed by atoms with van der Waals surface area (Å²) in [5.41, 5.74) is 5.53. The van der Waals surface area contributed by atoms with Gasteiger partial charge in [-0.05, 0) is 23.3 Å². The molecule has 2 N–H and O–H groups in total. The molecular formula is C7H13N5S. The van der Waals surface area contributed by atoms with Gasteiger partial charge in [0.15, 0.2) is 0 Å². The van der Waals surface area contributed by atoms with Gasteiger partial charge in [0.05, 0.1) is 6.04 Å². The molecule has 13 heavy (non-hydrogen) atoms. The third-order valence-electron chi connectivity index (χ3n) is 1.99. The molecule has 2 rings (SSSR count). The van der Waals surface area contributed by atoms with Gasteiger partial charge in [-0.25, -0.2) is 4.68 Å². The third kappa shape index (κ3) is 2.00. The topological polar surface area (TPSA) is 69.6 Å². The van der Waals surface area contributed by atoms with E-state index >= 15 is 0 Å². The van der Waals surface area contributed by atoms with Gasteiger partial charge < -0.3 is 5.73 Å². The molecule has 72 valence electrons. The zero-order valence-electron chi connectivity index (χ0n) is 7.55. The van der Waals surface area contributed by atoms with Crippen LogP contribution in [0.25, 0.3) is 0 Å². The molecule has 0 spiro atoms. The second kappa shape index (κ2) is 3.63. The second-order valence-electron chi connectivity index (χ2n) is 3.30. The Hall–Kier alpha value is -0.620. The molecule has 1 aliphatic carbocycles. The summed E-state index contributed by atoms with van der Waals surface area (Å²) in [6.07, 6.45) is 2.41. The van der Waals surface area contributed by atoms with E-state index in [1.165, 1.54) is 12.8 Å². The van der Waals surface area contributed by atoms with Gasteiger partial charge in [-0.2, -0.15) is 0 Å². The lowest BCUT2D eigenvalue weighted by atomic mass is 10.5. The molecule has 1 fully saturated rings. The van der Waals surface area contributed by atoms with Crippen molar-refractivity contribution in [3.63, 3.8) is 0 Å². The highest BCUT2D eigenvalue weighted by atomic mass is 32.2. The Bertz CT molecular complexity index is 282. The normalized spacial score (nSPS) is 18.9. The van der Waals surface area contributed by atoms with E-state index < -0.39 is 0 Å². The average molecular weight is 199 g/mol. The molecule has 1 heterocycles. The van der Waals surface area contributed by atoms with Crippen molar-refractivity contribution in [2.75, 3.05) is 6.54 Å². The summed E-state index contributed by atoms with van der Waals surface area (Å²) < 4.78 is 1.91. The average Bonchev–Trinajstić information content (AvgIpc) is 2.88. The minimum atomic E-state index is 0.378. The predicted molar refractivity (Wildman–Crippen MR) is 50.5 cm³/mol. The van der Waals surface area contributed by atoms with Crippen molar-refractivity contribution < 1.29 is 0 Å². The highest BCUT2D eigenvalue weighted by molar-refractivity contribution is 7.99. The first kappa shape index (κ1) is 8.96. The monoisotopic (exact) mass is 199 g/mol. The Labute approximate surface area is 81.1 Å². The standard InChI is InChI=1S/C7H13N5S/c1-5(4-8)13-7-9-10-11-12(7)6-2-3-6/h5-6H,2-4,8H2,1H3. The fourth-order valence-corrected chi connectivity index (χ4v) is 1.87. The maximum Gasteiger partial charge on any atom is 0.209 e. The smallest absolute Gasteiger partial charge is 0.209 e. The quantitative estimate of drug-likeness (QED) is 0.713. The Morgan fingerprint density at radius 1 is 1.69 bits per heavy atom. The molecular weight excluding hydrogens is 186 g/mol. The zero-order valence-corrected chi connectivity index (χ0v) is 8.37. The summed E-state index contributed by atoms with van der Waals surface area (Å²) in [5, 5.41) is 12.9. The van der Waals surface area contributed by atoms with Gasteiger partial charge in [0.2, 0.25) is 5.16 Å². The van der Waals surface area contributed by atoms with Crippen molar-refractivity contribution in [1.82, 2.24) is 20.2 Å². The van der Waals surface area contributed by atoms with Gasteiger partial charge in [0.25, 0.3) is 0 Å². The van der Waals surface area contributed by atoms with Crippen molar-refractivity contribution in [3.05, 3.63) is 0 Å². The molecule has 0 aliphatic heterocycles. The largest absolute Gasteiger partial charge is 0.329 e. The van der Waals surface area contributed by atoms with Crippen LogP contribution >= 0.6 is 11.8 Å². The van der Waals surface area contributed by atoms with E-state index in [0.29, 0.717) is 17.8 Å². The maximum atomic E-state index is 5.53. The van der Waals surface area contributed by atoms with Crippen LogP contribution in [0.1, 0.15) is 25.8 Å². The number of rotatable bonds is 4. The molecule has 0 bridgehead atoms. The fourth-order valence-electron chi connectivity index (χ4n) is 1.04. The van der Waals surface area contributed by atoms with E-state index in [4.69, 9.17) is 5.73 Å². The molecule has 0 aromatic carbocycles. The number of aromatic nitrogens is 4. The van der Waals surface area contributed by atoms with Crippen LogP contribution in [0.15, 0.2) is 5.16 Å². The predicted octanol–water partition coefficient (Wildman–Crippen LogP) is 0.447. The van der Waals surface area contributed by atoms with Crippen molar-refractivity contribution >= 4 is 11.8 Å². The maximum absolute atomic E-state index is 5.53. The van der Waals surface area contributed by atoms with E-state index in [-0.39, 0.29) is 0 Å². The van der Waals surface area contributed by atoms with E-state index in [0.717, 1.165) is 5.16 Å². The van der Waals surface area contributed by atoms with Gasteiger partial charge in [-0.15, -0.1) is 5.10 Å². The van der Waals surface area contributed by atoms with Crippen LogP contribution in [0.5, 0.6) is 0 Å². The number of nitrogens with two attached hydrogens (primary N) is 1. The molecule has 1 saturated carbocycles. The molecule has 1 aromatic heterocycles. The van der Waals surface area contributed by atoms with E-state index in [1.807, 2.05) is 4.68 Å². The molecule has 1 aromatic rings. The first-order valence-corrected chi connectivity index (χ1v) is 5.34. The molecule has 0 saturated heterocycles. The van der Waals surface area contributed by atoms with Crippen molar-refractivity contribution in [2.45, 2.75) is 36.2 Å². The SMILES string of the molecule is CC(CN)Sc1nnnn1C1CC1. The summed E-state index contributed by atoms with van der Waals surface area (Å²) in [6, 6.07) is 0.544. The highest BCUT2D eigenvalue weighted by Crippen LogP contribution is 2.36. The van der Waals surface area contributed by atoms with Crippen molar-refractivity contribution in [2.24, 2.45) is 5.73 Å². The molecule has 1 unspecified atom stereocenters. The van der Waals surface area contributed by atoms with Gasteiger partial charge in [0, 0.05) is 11.8 Å². The van der Waals surface area contributed by atoms with Crippen LogP contribution in [0, 0.1) is 0 Å². The minimum absolute atomic E-state index is 0.378. The first-order chi connectivity index (χ1) is 6.31. The lowest BCUT2D eigenvalue weighted by Crippen LogP contribution is -2.13. The van der Waals surface area contributed by atoms with Crippen molar-refractivity contribution in [1.29, 1.82) is 0 Å². The highest BCUT2D eigenvalue weighted by Gasteiger charge is 2.28. The number of hydrogen-bond acceptors (Lipinski definition) is 5. The molecule has 0 radical (unpaired) electrons. The molecule has 0 amide bonds. The summed E-state index contributed by atoms with van der Waals surface area (Å²) in [7, 11) is 0. The molecule has 1 atom stereocenters. The summed E-state index contributed by atoms with van der Waals surface area (Å²) in [5.74, 6) is 0. The van der Waals surface area contributed by atoms with Crippen molar-refractivity contribution in [3.8, 4) is 0 Å². The molecule has 1 aliphatic rings. The summed E-state index contributed by atoms with van der Waals surface area (Å²) in [4.78, 5) is 0. The fraction of sp³-hybridized carbons (Fsp3) is 0.857. The van der Waals surface area contributed by atoms with Crippen LogP contribution in [-0.2, 0) is 0 Å². The molecule has 6 heteroatoms. The van der Waals surface area contributed by atoms with Gasteiger partial charge in [0.1, 0.15) is 0 Å². The zero-order chi connectivity index (χ0) is 9.26.